The zero-order chi connectivity index (χ0) is 18.2. The summed E-state index contributed by atoms with van der Waals surface area (Å²) in [5.74, 6) is -37.7. The molecule has 0 amide bonds. The molecule has 0 aliphatic heterocycles. The summed E-state index contributed by atoms with van der Waals surface area (Å²) in [6, 6.07) is 0. The molecule has 1 N–H and O–H groups in total. The third kappa shape index (κ3) is 2.83. The molecule has 0 aromatic rings. The number of carboxylic acids is 1. The SMILES string of the molecule is CCCCC(F)(F)C(F)(F)C(F)(F)C(F)(F)C(F)(F)C(=O)O. The predicted molar refractivity (Wildman–Crippen MR) is 51.9 cm³/mol. The Hall–Kier alpha value is -1.23. The second-order valence-electron chi connectivity index (χ2n) is 4.41. The van der Waals surface area contributed by atoms with E-state index in [0.29, 0.717) is 0 Å². The summed E-state index contributed by atoms with van der Waals surface area (Å²) in [5, 5.41) is 7.75. The highest BCUT2D eigenvalue weighted by molar-refractivity contribution is 5.77. The molecular weight excluding hydrogens is 342 g/mol. The zero-order valence-electron chi connectivity index (χ0n) is 10.8. The molecular formula is C10H10F10O2. The molecule has 0 aromatic carbocycles. The second kappa shape index (κ2) is 5.76. The van der Waals surface area contributed by atoms with E-state index in [1.165, 1.54) is 6.92 Å². The second-order valence-corrected chi connectivity index (χ2v) is 4.41. The Morgan fingerprint density at radius 1 is 0.818 bits per heavy atom. The molecule has 22 heavy (non-hydrogen) atoms. The van der Waals surface area contributed by atoms with Crippen molar-refractivity contribution in [3.05, 3.63) is 0 Å². The van der Waals surface area contributed by atoms with Gasteiger partial charge in [-0.05, 0) is 6.42 Å². The molecule has 0 radical (unpaired) electrons. The highest BCUT2D eigenvalue weighted by Gasteiger charge is 2.87. The number of carbonyl (C=O) groups is 1. The van der Waals surface area contributed by atoms with Crippen molar-refractivity contribution in [3.63, 3.8) is 0 Å². The number of hydrogen-bond acceptors (Lipinski definition) is 1. The van der Waals surface area contributed by atoms with Gasteiger partial charge in [0.15, 0.2) is 0 Å². The molecule has 0 unspecified atom stereocenters. The van der Waals surface area contributed by atoms with Gasteiger partial charge in [-0.1, -0.05) is 13.3 Å². The fraction of sp³-hybridized carbons (Fsp3) is 0.900. The highest BCUT2D eigenvalue weighted by atomic mass is 19.4. The highest BCUT2D eigenvalue weighted by Crippen LogP contribution is 2.57. The molecule has 0 saturated carbocycles. The number of halogens is 10. The van der Waals surface area contributed by atoms with Crippen molar-refractivity contribution in [2.45, 2.75) is 55.8 Å². The molecule has 0 aliphatic rings. The maximum atomic E-state index is 13.1. The van der Waals surface area contributed by atoms with Gasteiger partial charge >= 0.3 is 35.6 Å². The number of alkyl halides is 10. The summed E-state index contributed by atoms with van der Waals surface area (Å²) in [6.45, 7) is 1.19. The van der Waals surface area contributed by atoms with Crippen LogP contribution in [0.5, 0.6) is 0 Å². The molecule has 0 aliphatic carbocycles. The summed E-state index contributed by atoms with van der Waals surface area (Å²) in [4.78, 5) is 9.87. The summed E-state index contributed by atoms with van der Waals surface area (Å²) >= 11 is 0. The largest absolute Gasteiger partial charge is 0.477 e. The fourth-order valence-corrected chi connectivity index (χ4v) is 1.31. The minimum absolute atomic E-state index is 0.196. The van der Waals surface area contributed by atoms with Gasteiger partial charge in [0.2, 0.25) is 0 Å². The number of aliphatic carboxylic acids is 1. The van der Waals surface area contributed by atoms with E-state index in [0.717, 1.165) is 0 Å². The van der Waals surface area contributed by atoms with E-state index in [9.17, 15) is 48.7 Å². The molecule has 2 nitrogen and oxygen atoms in total. The van der Waals surface area contributed by atoms with Gasteiger partial charge in [-0.25, -0.2) is 4.79 Å². The summed E-state index contributed by atoms with van der Waals surface area (Å²) in [7, 11) is 0. The van der Waals surface area contributed by atoms with Gasteiger partial charge in [-0.15, -0.1) is 0 Å². The minimum Gasteiger partial charge on any atom is -0.477 e. The lowest BCUT2D eigenvalue weighted by Crippen LogP contribution is -2.68. The van der Waals surface area contributed by atoms with Crippen molar-refractivity contribution < 1.29 is 53.8 Å². The smallest absolute Gasteiger partial charge is 0.410 e. The number of rotatable bonds is 8. The summed E-state index contributed by atoms with van der Waals surface area (Å²) < 4.78 is 129. The summed E-state index contributed by atoms with van der Waals surface area (Å²) in [5.41, 5.74) is 0. The van der Waals surface area contributed by atoms with Crippen LogP contribution in [0.25, 0.3) is 0 Å². The van der Waals surface area contributed by atoms with E-state index < -0.39 is 48.4 Å². The quantitative estimate of drug-likeness (QED) is 0.656. The lowest BCUT2D eigenvalue weighted by molar-refractivity contribution is -0.397. The lowest BCUT2D eigenvalue weighted by atomic mass is 9.92. The van der Waals surface area contributed by atoms with Gasteiger partial charge in [0.05, 0.1) is 0 Å². The molecule has 12 heteroatoms. The van der Waals surface area contributed by atoms with Crippen molar-refractivity contribution in [3.8, 4) is 0 Å². The number of unbranched alkanes of at least 4 members (excludes halogenated alkanes) is 1. The molecule has 0 atom stereocenters. The van der Waals surface area contributed by atoms with Gasteiger partial charge in [-0.2, -0.15) is 43.9 Å². The molecule has 0 fully saturated rings. The first-order chi connectivity index (χ1) is 9.50. The van der Waals surface area contributed by atoms with Gasteiger partial charge in [0, 0.05) is 6.42 Å². The van der Waals surface area contributed by atoms with Gasteiger partial charge < -0.3 is 5.11 Å². The van der Waals surface area contributed by atoms with Crippen molar-refractivity contribution in [1.82, 2.24) is 0 Å². The maximum Gasteiger partial charge on any atom is 0.410 e. The van der Waals surface area contributed by atoms with E-state index >= 15 is 0 Å². The Labute approximate surface area is 117 Å². The van der Waals surface area contributed by atoms with Crippen LogP contribution >= 0.6 is 0 Å². The van der Waals surface area contributed by atoms with Gasteiger partial charge in [-0.3, -0.25) is 0 Å². The Bertz CT molecular complexity index is 418. The Kier molecular flexibility index (Phi) is 5.44. The van der Waals surface area contributed by atoms with Crippen LogP contribution in [0.2, 0.25) is 0 Å². The number of hydrogen-bond donors (Lipinski definition) is 1. The third-order valence-electron chi connectivity index (χ3n) is 2.76. The van der Waals surface area contributed by atoms with Crippen LogP contribution in [-0.4, -0.2) is 40.7 Å². The third-order valence-corrected chi connectivity index (χ3v) is 2.76. The topological polar surface area (TPSA) is 37.3 Å². The average molecular weight is 352 g/mol. The van der Waals surface area contributed by atoms with E-state index in [1.54, 1.807) is 0 Å². The van der Waals surface area contributed by atoms with Crippen molar-refractivity contribution in [1.29, 1.82) is 0 Å². The fourth-order valence-electron chi connectivity index (χ4n) is 1.31. The molecule has 0 rings (SSSR count). The van der Waals surface area contributed by atoms with Crippen LogP contribution in [0, 0.1) is 0 Å². The van der Waals surface area contributed by atoms with Gasteiger partial charge in [0.1, 0.15) is 0 Å². The Morgan fingerprint density at radius 2 is 1.23 bits per heavy atom. The van der Waals surface area contributed by atoms with E-state index in [1.807, 2.05) is 0 Å². The van der Waals surface area contributed by atoms with Gasteiger partial charge in [0.25, 0.3) is 0 Å². The standard InChI is InChI=1S/C10H10F10O2/c1-2-3-4-6(11,12)8(15,16)10(19,20)9(17,18)7(13,14)5(21)22/h2-4H2,1H3,(H,21,22). The molecule has 0 saturated heterocycles. The first kappa shape index (κ1) is 20.8. The Morgan fingerprint density at radius 3 is 1.55 bits per heavy atom. The maximum absolute atomic E-state index is 13.1. The first-order valence-corrected chi connectivity index (χ1v) is 5.63. The van der Waals surface area contributed by atoms with Crippen LogP contribution in [0.3, 0.4) is 0 Å². The number of carboxylic acid groups (broad SMARTS) is 1. The van der Waals surface area contributed by atoms with Crippen LogP contribution in [0.4, 0.5) is 43.9 Å². The zero-order valence-corrected chi connectivity index (χ0v) is 10.8. The van der Waals surface area contributed by atoms with E-state index in [2.05, 4.69) is 0 Å². The van der Waals surface area contributed by atoms with Crippen molar-refractivity contribution >= 4 is 5.97 Å². The minimum atomic E-state index is -7.31. The first-order valence-electron chi connectivity index (χ1n) is 5.63. The van der Waals surface area contributed by atoms with Crippen molar-refractivity contribution in [2.24, 2.45) is 0 Å². The van der Waals surface area contributed by atoms with E-state index in [4.69, 9.17) is 5.11 Å². The van der Waals surface area contributed by atoms with Crippen LogP contribution < -0.4 is 0 Å². The molecule has 132 valence electrons. The van der Waals surface area contributed by atoms with Crippen LogP contribution in [0.15, 0.2) is 0 Å². The molecule has 0 heterocycles. The molecule has 0 bridgehead atoms. The monoisotopic (exact) mass is 352 g/mol. The average Bonchev–Trinajstić information content (AvgIpc) is 2.35. The predicted octanol–water partition coefficient (Wildman–Crippen LogP) is 4.44. The van der Waals surface area contributed by atoms with E-state index in [-0.39, 0.29) is 6.42 Å². The van der Waals surface area contributed by atoms with Crippen LogP contribution in [-0.2, 0) is 4.79 Å². The lowest BCUT2D eigenvalue weighted by Gasteiger charge is -2.38. The van der Waals surface area contributed by atoms with Crippen LogP contribution in [0.1, 0.15) is 26.2 Å². The molecule has 0 aromatic heterocycles. The summed E-state index contributed by atoms with van der Waals surface area (Å²) in [6.07, 6.45) is -2.95. The van der Waals surface area contributed by atoms with Crippen molar-refractivity contribution in [2.75, 3.05) is 0 Å². The molecule has 0 spiro atoms. The Balaban J connectivity index is 5.93. The normalized spacial score (nSPS) is 15.0.